The highest BCUT2D eigenvalue weighted by atomic mass is 32.2. The smallest absolute Gasteiger partial charge is 0.120 e. The average Bonchev–Trinajstić information content (AvgIpc) is 2.38. The van der Waals surface area contributed by atoms with Gasteiger partial charge in [-0.1, -0.05) is 13.8 Å². The van der Waals surface area contributed by atoms with E-state index >= 15 is 0 Å². The maximum absolute atomic E-state index is 6.09. The number of thioether (sulfide) groups is 1. The third-order valence-corrected chi connectivity index (χ3v) is 5.51. The van der Waals surface area contributed by atoms with Gasteiger partial charge >= 0.3 is 0 Å². The van der Waals surface area contributed by atoms with Crippen molar-refractivity contribution in [2.24, 2.45) is 11.8 Å². The first kappa shape index (κ1) is 14.6. The highest BCUT2D eigenvalue weighted by molar-refractivity contribution is 8.00. The minimum absolute atomic E-state index is 0.699. The van der Waals surface area contributed by atoms with E-state index in [2.05, 4.69) is 19.9 Å². The Bertz CT molecular complexity index is 421. The van der Waals surface area contributed by atoms with Crippen LogP contribution in [-0.2, 0) is 0 Å². The molecular weight excluding hydrogens is 254 g/mol. The van der Waals surface area contributed by atoms with Crippen LogP contribution in [-0.4, -0.2) is 11.9 Å². The van der Waals surface area contributed by atoms with Crippen LogP contribution in [0.25, 0.3) is 0 Å². The Morgan fingerprint density at radius 1 is 1.26 bits per heavy atom. The zero-order valence-electron chi connectivity index (χ0n) is 12.2. The summed E-state index contributed by atoms with van der Waals surface area (Å²) in [5, 5.41) is 0.699. The number of nitrogen functional groups attached to an aromatic ring is 1. The minimum Gasteiger partial charge on any atom is -0.494 e. The molecule has 106 valence electrons. The van der Waals surface area contributed by atoms with E-state index in [9.17, 15) is 0 Å². The molecule has 2 N–H and O–H groups in total. The van der Waals surface area contributed by atoms with Gasteiger partial charge in [-0.25, -0.2) is 0 Å². The van der Waals surface area contributed by atoms with Crippen LogP contribution in [0.5, 0.6) is 5.75 Å². The van der Waals surface area contributed by atoms with Crippen LogP contribution >= 0.6 is 11.8 Å². The van der Waals surface area contributed by atoms with Crippen molar-refractivity contribution in [2.45, 2.75) is 50.2 Å². The summed E-state index contributed by atoms with van der Waals surface area (Å²) in [5.41, 5.74) is 6.96. The maximum atomic E-state index is 6.09. The molecule has 2 nitrogen and oxygen atoms in total. The number of nitrogens with two attached hydrogens (primary N) is 1. The second-order valence-electron chi connectivity index (χ2n) is 5.64. The lowest BCUT2D eigenvalue weighted by Gasteiger charge is -2.31. The predicted octanol–water partition coefficient (Wildman–Crippen LogP) is 4.58. The second-order valence-corrected chi connectivity index (χ2v) is 6.98. The van der Waals surface area contributed by atoms with Gasteiger partial charge in [-0.2, -0.15) is 0 Å². The molecular formula is C16H25NOS. The molecule has 0 radical (unpaired) electrons. The molecule has 3 unspecified atom stereocenters. The number of rotatable bonds is 4. The molecule has 0 heterocycles. The molecule has 3 atom stereocenters. The zero-order valence-corrected chi connectivity index (χ0v) is 13.0. The highest BCUT2D eigenvalue weighted by Gasteiger charge is 2.25. The Kier molecular flexibility index (Phi) is 5.03. The quantitative estimate of drug-likeness (QED) is 0.819. The van der Waals surface area contributed by atoms with Gasteiger partial charge in [0, 0.05) is 15.8 Å². The molecule has 0 spiro atoms. The van der Waals surface area contributed by atoms with Crippen molar-refractivity contribution in [3.05, 3.63) is 18.2 Å². The number of benzene rings is 1. The van der Waals surface area contributed by atoms with Crippen molar-refractivity contribution in [2.75, 3.05) is 12.3 Å². The molecule has 0 bridgehead atoms. The minimum atomic E-state index is 0.699. The van der Waals surface area contributed by atoms with E-state index in [1.807, 2.05) is 30.8 Å². The Morgan fingerprint density at radius 3 is 2.74 bits per heavy atom. The molecule has 0 amide bonds. The van der Waals surface area contributed by atoms with Gasteiger partial charge in [-0.15, -0.1) is 11.8 Å². The van der Waals surface area contributed by atoms with Gasteiger partial charge in [0.2, 0.25) is 0 Å². The lowest BCUT2D eigenvalue weighted by atomic mass is 9.81. The fraction of sp³-hybridized carbons (Fsp3) is 0.625. The second kappa shape index (κ2) is 6.56. The van der Waals surface area contributed by atoms with E-state index in [1.165, 1.54) is 24.2 Å². The Labute approximate surface area is 121 Å². The summed E-state index contributed by atoms with van der Waals surface area (Å²) in [5.74, 6) is 2.61. The van der Waals surface area contributed by atoms with Crippen molar-refractivity contribution < 1.29 is 4.74 Å². The molecule has 1 fully saturated rings. The molecule has 1 aromatic rings. The summed E-state index contributed by atoms with van der Waals surface area (Å²) in [6.07, 6.45) is 3.93. The van der Waals surface area contributed by atoms with Crippen LogP contribution in [0.3, 0.4) is 0 Å². The van der Waals surface area contributed by atoms with Crippen LogP contribution in [0.2, 0.25) is 0 Å². The molecule has 0 saturated heterocycles. The number of hydrogen-bond acceptors (Lipinski definition) is 3. The highest BCUT2D eigenvalue weighted by Crippen LogP contribution is 2.41. The molecule has 2 rings (SSSR count). The lowest BCUT2D eigenvalue weighted by Crippen LogP contribution is -2.22. The molecule has 0 aliphatic heterocycles. The third-order valence-electron chi connectivity index (χ3n) is 4.14. The van der Waals surface area contributed by atoms with Gasteiger partial charge in [-0.05, 0) is 56.2 Å². The van der Waals surface area contributed by atoms with Gasteiger partial charge in [0.15, 0.2) is 0 Å². The van der Waals surface area contributed by atoms with Gasteiger partial charge in [-0.3, -0.25) is 0 Å². The molecule has 1 aliphatic carbocycles. The number of hydrogen-bond donors (Lipinski definition) is 1. The van der Waals surface area contributed by atoms with E-state index in [0.717, 1.165) is 23.3 Å². The topological polar surface area (TPSA) is 35.2 Å². The van der Waals surface area contributed by atoms with Crippen molar-refractivity contribution in [3.63, 3.8) is 0 Å². The van der Waals surface area contributed by atoms with Gasteiger partial charge in [0.25, 0.3) is 0 Å². The lowest BCUT2D eigenvalue weighted by molar-refractivity contribution is 0.283. The predicted molar refractivity (Wildman–Crippen MR) is 83.8 cm³/mol. The monoisotopic (exact) mass is 279 g/mol. The van der Waals surface area contributed by atoms with E-state index in [4.69, 9.17) is 10.5 Å². The summed E-state index contributed by atoms with van der Waals surface area (Å²) in [4.78, 5) is 1.18. The summed E-state index contributed by atoms with van der Waals surface area (Å²) < 4.78 is 5.56. The first-order valence-electron chi connectivity index (χ1n) is 7.29. The molecule has 1 aliphatic rings. The van der Waals surface area contributed by atoms with E-state index < -0.39 is 0 Å². The van der Waals surface area contributed by atoms with Crippen LogP contribution in [0, 0.1) is 11.8 Å². The van der Waals surface area contributed by atoms with Crippen molar-refractivity contribution >= 4 is 17.4 Å². The van der Waals surface area contributed by atoms with E-state index in [1.54, 1.807) is 0 Å². The SMILES string of the molecule is CCOc1ccc(N)c(SC2CCC(C)C(C)C2)c1. The number of anilines is 1. The zero-order chi connectivity index (χ0) is 13.8. The molecule has 3 heteroatoms. The molecule has 1 saturated carbocycles. The fourth-order valence-electron chi connectivity index (χ4n) is 2.66. The molecule has 0 aromatic heterocycles. The first-order chi connectivity index (χ1) is 9.10. The van der Waals surface area contributed by atoms with E-state index in [-0.39, 0.29) is 0 Å². The van der Waals surface area contributed by atoms with E-state index in [0.29, 0.717) is 11.9 Å². The maximum Gasteiger partial charge on any atom is 0.120 e. The molecule has 19 heavy (non-hydrogen) atoms. The normalized spacial score (nSPS) is 27.2. The average molecular weight is 279 g/mol. The summed E-state index contributed by atoms with van der Waals surface area (Å²) >= 11 is 1.93. The standard InChI is InChI=1S/C16H25NOS/c1-4-18-13-6-8-15(17)16(10-13)19-14-7-5-11(2)12(3)9-14/h6,8,10-12,14H,4-5,7,9,17H2,1-3H3. The Balaban J connectivity index is 2.04. The van der Waals surface area contributed by atoms with Crippen molar-refractivity contribution in [3.8, 4) is 5.75 Å². The Morgan fingerprint density at radius 2 is 2.05 bits per heavy atom. The Hall–Kier alpha value is -0.830. The fourth-order valence-corrected chi connectivity index (χ4v) is 4.06. The number of ether oxygens (including phenoxy) is 1. The van der Waals surface area contributed by atoms with Crippen LogP contribution in [0.1, 0.15) is 40.0 Å². The van der Waals surface area contributed by atoms with Crippen LogP contribution < -0.4 is 10.5 Å². The van der Waals surface area contributed by atoms with Gasteiger partial charge in [0.05, 0.1) is 6.61 Å². The van der Waals surface area contributed by atoms with Gasteiger partial charge in [0.1, 0.15) is 5.75 Å². The summed E-state index contributed by atoms with van der Waals surface area (Å²) in [7, 11) is 0. The molecule has 1 aromatic carbocycles. The summed E-state index contributed by atoms with van der Waals surface area (Å²) in [6, 6.07) is 6.00. The van der Waals surface area contributed by atoms with Gasteiger partial charge < -0.3 is 10.5 Å². The van der Waals surface area contributed by atoms with Crippen LogP contribution in [0.4, 0.5) is 5.69 Å². The third kappa shape index (κ3) is 3.82. The van der Waals surface area contributed by atoms with Crippen molar-refractivity contribution in [1.82, 2.24) is 0 Å². The largest absolute Gasteiger partial charge is 0.494 e. The first-order valence-corrected chi connectivity index (χ1v) is 8.17. The van der Waals surface area contributed by atoms with Crippen LogP contribution in [0.15, 0.2) is 23.1 Å². The summed E-state index contributed by atoms with van der Waals surface area (Å²) in [6.45, 7) is 7.45. The van der Waals surface area contributed by atoms with Crippen molar-refractivity contribution in [1.29, 1.82) is 0 Å².